The van der Waals surface area contributed by atoms with Crippen LogP contribution in [0.4, 0.5) is 5.69 Å². The molecular weight excluding hydrogens is 286 g/mol. The molecule has 2 aromatic rings. The van der Waals surface area contributed by atoms with Crippen molar-refractivity contribution in [3.05, 3.63) is 66.2 Å². The van der Waals surface area contributed by atoms with Crippen LogP contribution in [0.5, 0.6) is 0 Å². The molecule has 0 spiro atoms. The molecule has 0 saturated carbocycles. The molecule has 1 amide bonds. The second-order valence-corrected chi connectivity index (χ2v) is 5.79. The molecule has 0 aliphatic carbocycles. The van der Waals surface area contributed by atoms with Crippen LogP contribution in [0.1, 0.15) is 18.0 Å². The van der Waals surface area contributed by atoms with Gasteiger partial charge in [-0.25, -0.2) is 0 Å². The minimum atomic E-state index is -0.252. The third kappa shape index (κ3) is 5.11. The second-order valence-electron chi connectivity index (χ2n) is 5.79. The molecule has 0 heterocycles. The van der Waals surface area contributed by atoms with E-state index in [-0.39, 0.29) is 11.9 Å². The summed E-state index contributed by atoms with van der Waals surface area (Å²) in [6.07, 6.45) is 0.329. The molecule has 0 saturated heterocycles. The van der Waals surface area contributed by atoms with Crippen molar-refractivity contribution in [3.63, 3.8) is 0 Å². The van der Waals surface area contributed by atoms with E-state index in [4.69, 9.17) is 5.73 Å². The van der Waals surface area contributed by atoms with Crippen LogP contribution in [0.2, 0.25) is 0 Å². The Labute approximate surface area is 138 Å². The Morgan fingerprint density at radius 3 is 2.13 bits per heavy atom. The molecular formula is C19H25N3O. The fourth-order valence-corrected chi connectivity index (χ4v) is 2.40. The van der Waals surface area contributed by atoms with Gasteiger partial charge < -0.3 is 15.5 Å². The normalized spacial score (nSPS) is 11.8. The molecule has 2 rings (SSSR count). The molecule has 2 N–H and O–H groups in total. The minimum absolute atomic E-state index is 0.0721. The van der Waals surface area contributed by atoms with Gasteiger partial charge in [0.15, 0.2) is 0 Å². The van der Waals surface area contributed by atoms with E-state index in [1.54, 1.807) is 4.90 Å². The molecule has 4 heteroatoms. The van der Waals surface area contributed by atoms with Gasteiger partial charge in [0.05, 0.1) is 0 Å². The van der Waals surface area contributed by atoms with E-state index in [0.29, 0.717) is 13.0 Å². The number of hydrogen-bond acceptors (Lipinski definition) is 3. The maximum Gasteiger partial charge on any atom is 0.224 e. The highest BCUT2D eigenvalue weighted by molar-refractivity contribution is 5.76. The number of nitrogens with zero attached hydrogens (tertiary/aromatic N) is 2. The molecule has 23 heavy (non-hydrogen) atoms. The average molecular weight is 311 g/mol. The summed E-state index contributed by atoms with van der Waals surface area (Å²) >= 11 is 0. The summed E-state index contributed by atoms with van der Waals surface area (Å²) in [7, 11) is 3.86. The van der Waals surface area contributed by atoms with Crippen molar-refractivity contribution in [3.8, 4) is 0 Å². The summed E-state index contributed by atoms with van der Waals surface area (Å²) in [5.74, 6) is 0.0721. The first kappa shape index (κ1) is 17.0. The zero-order valence-electron chi connectivity index (χ0n) is 13.9. The van der Waals surface area contributed by atoms with Gasteiger partial charge in [0, 0.05) is 45.3 Å². The first-order valence-electron chi connectivity index (χ1n) is 7.88. The second kappa shape index (κ2) is 8.34. The van der Waals surface area contributed by atoms with Gasteiger partial charge >= 0.3 is 0 Å². The molecule has 0 fully saturated rings. The first-order valence-corrected chi connectivity index (χ1v) is 7.88. The van der Waals surface area contributed by atoms with E-state index in [9.17, 15) is 4.79 Å². The van der Waals surface area contributed by atoms with Crippen molar-refractivity contribution in [1.29, 1.82) is 0 Å². The lowest BCUT2D eigenvalue weighted by Crippen LogP contribution is -2.36. The average Bonchev–Trinajstić information content (AvgIpc) is 2.60. The van der Waals surface area contributed by atoms with Crippen LogP contribution in [0.3, 0.4) is 0 Å². The van der Waals surface area contributed by atoms with Crippen molar-refractivity contribution < 1.29 is 4.79 Å². The molecule has 2 aromatic carbocycles. The number of benzene rings is 2. The molecule has 0 bridgehead atoms. The first-order chi connectivity index (χ1) is 11.1. The quantitative estimate of drug-likeness (QED) is 0.855. The van der Waals surface area contributed by atoms with E-state index in [2.05, 4.69) is 17.0 Å². The topological polar surface area (TPSA) is 49.6 Å². The number of anilines is 1. The number of likely N-dealkylation sites (N-methyl/N-ethyl adjacent to an activating group) is 2. The summed E-state index contributed by atoms with van der Waals surface area (Å²) in [5, 5.41) is 0. The van der Waals surface area contributed by atoms with E-state index in [1.807, 2.05) is 62.6 Å². The van der Waals surface area contributed by atoms with Crippen molar-refractivity contribution in [2.24, 2.45) is 5.73 Å². The van der Waals surface area contributed by atoms with Crippen LogP contribution in [-0.4, -0.2) is 38.0 Å². The Hall–Kier alpha value is -2.33. The zero-order chi connectivity index (χ0) is 16.7. The van der Waals surface area contributed by atoms with Gasteiger partial charge in [-0.1, -0.05) is 48.5 Å². The lowest BCUT2D eigenvalue weighted by molar-refractivity contribution is -0.130. The SMILES string of the molecule is CN(CCN(C)c1ccccc1)C(=O)CC(N)c1ccccc1. The summed E-state index contributed by atoms with van der Waals surface area (Å²) in [5.41, 5.74) is 8.27. The van der Waals surface area contributed by atoms with Crippen LogP contribution < -0.4 is 10.6 Å². The third-order valence-electron chi connectivity index (χ3n) is 4.02. The standard InChI is InChI=1S/C19H25N3O/c1-21(17-11-7-4-8-12-17)13-14-22(2)19(23)15-18(20)16-9-5-3-6-10-16/h3-12,18H,13-15,20H2,1-2H3. The minimum Gasteiger partial charge on any atom is -0.373 e. The Bertz CT molecular complexity index is 601. The van der Waals surface area contributed by atoms with Gasteiger partial charge in [-0.05, 0) is 17.7 Å². The van der Waals surface area contributed by atoms with Crippen LogP contribution in [0.15, 0.2) is 60.7 Å². The van der Waals surface area contributed by atoms with Crippen molar-refractivity contribution in [2.45, 2.75) is 12.5 Å². The van der Waals surface area contributed by atoms with Crippen LogP contribution in [-0.2, 0) is 4.79 Å². The highest BCUT2D eigenvalue weighted by Crippen LogP contribution is 2.15. The molecule has 0 aliphatic rings. The Balaban J connectivity index is 1.81. The summed E-state index contributed by atoms with van der Waals surface area (Å²) in [4.78, 5) is 16.2. The van der Waals surface area contributed by atoms with Gasteiger partial charge in [-0.15, -0.1) is 0 Å². The van der Waals surface area contributed by atoms with E-state index < -0.39 is 0 Å². The van der Waals surface area contributed by atoms with Gasteiger partial charge in [-0.2, -0.15) is 0 Å². The van der Waals surface area contributed by atoms with Crippen molar-refractivity contribution in [1.82, 2.24) is 4.90 Å². The Morgan fingerprint density at radius 1 is 0.957 bits per heavy atom. The van der Waals surface area contributed by atoms with Gasteiger partial charge in [-0.3, -0.25) is 4.79 Å². The predicted octanol–water partition coefficient (Wildman–Crippen LogP) is 2.67. The van der Waals surface area contributed by atoms with Crippen LogP contribution in [0, 0.1) is 0 Å². The summed E-state index contributed by atoms with van der Waals surface area (Å²) in [6, 6.07) is 19.7. The molecule has 0 aromatic heterocycles. The number of amides is 1. The van der Waals surface area contributed by atoms with Crippen molar-refractivity contribution in [2.75, 3.05) is 32.1 Å². The molecule has 1 unspecified atom stereocenters. The smallest absolute Gasteiger partial charge is 0.224 e. The maximum atomic E-state index is 12.3. The molecule has 122 valence electrons. The van der Waals surface area contributed by atoms with E-state index >= 15 is 0 Å². The molecule has 0 radical (unpaired) electrons. The molecule has 4 nitrogen and oxygen atoms in total. The fourth-order valence-electron chi connectivity index (χ4n) is 2.40. The monoisotopic (exact) mass is 311 g/mol. The lowest BCUT2D eigenvalue weighted by atomic mass is 10.0. The van der Waals surface area contributed by atoms with Crippen LogP contribution >= 0.6 is 0 Å². The number of para-hydroxylation sites is 1. The van der Waals surface area contributed by atoms with Crippen LogP contribution in [0.25, 0.3) is 0 Å². The largest absolute Gasteiger partial charge is 0.373 e. The van der Waals surface area contributed by atoms with Gasteiger partial charge in [0.2, 0.25) is 5.91 Å². The number of rotatable bonds is 7. The van der Waals surface area contributed by atoms with Gasteiger partial charge in [0.1, 0.15) is 0 Å². The molecule has 0 aliphatic heterocycles. The van der Waals surface area contributed by atoms with E-state index in [1.165, 1.54) is 0 Å². The zero-order valence-corrected chi connectivity index (χ0v) is 13.9. The van der Waals surface area contributed by atoms with Gasteiger partial charge in [0.25, 0.3) is 0 Å². The van der Waals surface area contributed by atoms with E-state index in [0.717, 1.165) is 17.8 Å². The Kier molecular flexibility index (Phi) is 6.18. The summed E-state index contributed by atoms with van der Waals surface area (Å²) < 4.78 is 0. The lowest BCUT2D eigenvalue weighted by Gasteiger charge is -2.24. The maximum absolute atomic E-state index is 12.3. The predicted molar refractivity (Wildman–Crippen MR) is 95.3 cm³/mol. The molecule has 1 atom stereocenters. The number of carbonyl (C=O) groups is 1. The summed E-state index contributed by atoms with van der Waals surface area (Å²) in [6.45, 7) is 1.46. The highest BCUT2D eigenvalue weighted by Gasteiger charge is 2.15. The fraction of sp³-hybridized carbons (Fsp3) is 0.316. The number of nitrogens with two attached hydrogens (primary N) is 1. The Morgan fingerprint density at radius 2 is 1.52 bits per heavy atom. The third-order valence-corrected chi connectivity index (χ3v) is 4.02. The number of carbonyl (C=O) groups excluding carboxylic acids is 1. The van der Waals surface area contributed by atoms with Crippen molar-refractivity contribution >= 4 is 11.6 Å². The number of hydrogen-bond donors (Lipinski definition) is 1. The highest BCUT2D eigenvalue weighted by atomic mass is 16.2.